The van der Waals surface area contributed by atoms with Crippen molar-refractivity contribution in [1.82, 2.24) is 4.90 Å². The standard InChI is InChI=1S/C12H13Cl2N3O3/c13-8-2-1-7(5-9(8)14)12(18)17-3-4-20-10(6-17)11(15)16-19/h1-2,5,10,19H,3-4,6H2,(H2,15,16). The number of hydrogen-bond acceptors (Lipinski definition) is 4. The number of carbonyl (C=O) groups excluding carboxylic acids is 1. The van der Waals surface area contributed by atoms with Crippen molar-refractivity contribution in [3.8, 4) is 0 Å². The SMILES string of the molecule is NC(=NO)C1CN(C(=O)c2ccc(Cl)c(Cl)c2)CCO1. The average Bonchev–Trinajstić information content (AvgIpc) is 2.48. The van der Waals surface area contributed by atoms with Crippen molar-refractivity contribution in [2.24, 2.45) is 10.9 Å². The number of morpholine rings is 1. The molecule has 2 rings (SSSR count). The maximum atomic E-state index is 12.3. The summed E-state index contributed by atoms with van der Waals surface area (Å²) in [5, 5.41) is 12.2. The Labute approximate surface area is 125 Å². The first-order chi connectivity index (χ1) is 9.52. The number of oxime groups is 1. The van der Waals surface area contributed by atoms with Gasteiger partial charge in [-0.15, -0.1) is 0 Å². The fraction of sp³-hybridized carbons (Fsp3) is 0.333. The summed E-state index contributed by atoms with van der Waals surface area (Å²) in [5.74, 6) is -0.265. The molecule has 3 N–H and O–H groups in total. The molecule has 1 aliphatic rings. The summed E-state index contributed by atoms with van der Waals surface area (Å²) in [5.41, 5.74) is 5.92. The van der Waals surface area contributed by atoms with E-state index in [0.717, 1.165) is 0 Å². The Hall–Kier alpha value is -1.50. The van der Waals surface area contributed by atoms with Gasteiger partial charge in [-0.2, -0.15) is 0 Å². The van der Waals surface area contributed by atoms with E-state index in [0.29, 0.717) is 28.8 Å². The van der Waals surface area contributed by atoms with Gasteiger partial charge >= 0.3 is 0 Å². The highest BCUT2D eigenvalue weighted by molar-refractivity contribution is 6.42. The third kappa shape index (κ3) is 3.15. The van der Waals surface area contributed by atoms with Gasteiger partial charge in [-0.1, -0.05) is 28.4 Å². The zero-order valence-electron chi connectivity index (χ0n) is 10.4. The molecule has 0 spiro atoms. The Balaban J connectivity index is 2.14. The van der Waals surface area contributed by atoms with Crippen LogP contribution in [0.1, 0.15) is 10.4 Å². The predicted molar refractivity (Wildman–Crippen MR) is 75.5 cm³/mol. The van der Waals surface area contributed by atoms with Crippen LogP contribution in [0.5, 0.6) is 0 Å². The van der Waals surface area contributed by atoms with Gasteiger partial charge in [-0.3, -0.25) is 4.79 Å². The van der Waals surface area contributed by atoms with Crippen LogP contribution in [-0.4, -0.2) is 47.7 Å². The van der Waals surface area contributed by atoms with E-state index in [1.165, 1.54) is 6.07 Å². The maximum Gasteiger partial charge on any atom is 0.254 e. The van der Waals surface area contributed by atoms with Crippen LogP contribution in [0.3, 0.4) is 0 Å². The minimum absolute atomic E-state index is 0.0587. The normalized spacial score (nSPS) is 20.0. The van der Waals surface area contributed by atoms with Gasteiger partial charge < -0.3 is 20.6 Å². The maximum absolute atomic E-state index is 12.3. The van der Waals surface area contributed by atoms with Gasteiger partial charge in [0, 0.05) is 12.1 Å². The first-order valence-corrected chi connectivity index (χ1v) is 6.62. The van der Waals surface area contributed by atoms with Gasteiger partial charge in [0.05, 0.1) is 23.2 Å². The van der Waals surface area contributed by atoms with Gasteiger partial charge in [-0.25, -0.2) is 0 Å². The van der Waals surface area contributed by atoms with Crippen LogP contribution in [0, 0.1) is 0 Å². The second-order valence-electron chi connectivity index (χ2n) is 4.26. The van der Waals surface area contributed by atoms with Crippen molar-refractivity contribution in [2.75, 3.05) is 19.7 Å². The van der Waals surface area contributed by atoms with Crippen molar-refractivity contribution in [1.29, 1.82) is 0 Å². The van der Waals surface area contributed by atoms with Crippen LogP contribution in [0.15, 0.2) is 23.4 Å². The lowest BCUT2D eigenvalue weighted by molar-refractivity contribution is 0.00676. The number of hydrogen-bond donors (Lipinski definition) is 2. The van der Waals surface area contributed by atoms with E-state index < -0.39 is 6.10 Å². The second kappa shape index (κ2) is 6.30. The Morgan fingerprint density at radius 3 is 2.85 bits per heavy atom. The lowest BCUT2D eigenvalue weighted by atomic mass is 10.1. The predicted octanol–water partition coefficient (Wildman–Crippen LogP) is 1.58. The molecule has 6 nitrogen and oxygen atoms in total. The first kappa shape index (κ1) is 14.9. The molecular formula is C12H13Cl2N3O3. The van der Waals surface area contributed by atoms with E-state index in [9.17, 15) is 4.79 Å². The molecule has 1 atom stereocenters. The molecule has 8 heteroatoms. The summed E-state index contributed by atoms with van der Waals surface area (Å²) >= 11 is 11.7. The number of ether oxygens (including phenoxy) is 1. The Bertz CT molecular complexity index is 551. The van der Waals surface area contributed by atoms with Crippen molar-refractivity contribution in [3.63, 3.8) is 0 Å². The van der Waals surface area contributed by atoms with Crippen LogP contribution >= 0.6 is 23.2 Å². The van der Waals surface area contributed by atoms with Crippen LogP contribution in [0.4, 0.5) is 0 Å². The lowest BCUT2D eigenvalue weighted by Gasteiger charge is -2.32. The fourth-order valence-electron chi connectivity index (χ4n) is 1.89. The number of nitrogens with zero attached hydrogens (tertiary/aromatic N) is 2. The zero-order valence-corrected chi connectivity index (χ0v) is 11.9. The topological polar surface area (TPSA) is 88.2 Å². The largest absolute Gasteiger partial charge is 0.409 e. The van der Waals surface area contributed by atoms with E-state index in [1.54, 1.807) is 17.0 Å². The molecule has 0 radical (unpaired) electrons. The highest BCUT2D eigenvalue weighted by atomic mass is 35.5. The molecule has 0 aliphatic carbocycles. The van der Waals surface area contributed by atoms with Crippen LogP contribution in [0.2, 0.25) is 10.0 Å². The molecule has 1 heterocycles. The number of amidine groups is 1. The van der Waals surface area contributed by atoms with Crippen LogP contribution in [0.25, 0.3) is 0 Å². The van der Waals surface area contributed by atoms with Crippen molar-refractivity contribution < 1.29 is 14.7 Å². The molecule has 0 saturated carbocycles. The quantitative estimate of drug-likeness (QED) is 0.375. The Morgan fingerprint density at radius 2 is 2.20 bits per heavy atom. The number of benzene rings is 1. The number of amides is 1. The molecule has 108 valence electrons. The van der Waals surface area contributed by atoms with E-state index in [1.807, 2.05) is 0 Å². The van der Waals surface area contributed by atoms with Crippen molar-refractivity contribution in [3.05, 3.63) is 33.8 Å². The van der Waals surface area contributed by atoms with Crippen molar-refractivity contribution >= 4 is 34.9 Å². The zero-order chi connectivity index (χ0) is 14.7. The summed E-state index contributed by atoms with van der Waals surface area (Å²) in [6.45, 7) is 0.956. The molecule has 1 saturated heterocycles. The second-order valence-corrected chi connectivity index (χ2v) is 5.08. The number of halogens is 2. The molecule has 1 amide bonds. The lowest BCUT2D eigenvalue weighted by Crippen LogP contribution is -2.50. The summed E-state index contributed by atoms with van der Waals surface area (Å²) in [7, 11) is 0. The first-order valence-electron chi connectivity index (χ1n) is 5.86. The minimum atomic E-state index is -0.611. The molecule has 1 aliphatic heterocycles. The van der Waals surface area contributed by atoms with Crippen LogP contribution < -0.4 is 5.73 Å². The third-order valence-electron chi connectivity index (χ3n) is 2.97. The molecule has 1 unspecified atom stereocenters. The Morgan fingerprint density at radius 1 is 1.45 bits per heavy atom. The summed E-state index contributed by atoms with van der Waals surface area (Å²) in [6, 6.07) is 4.68. The number of rotatable bonds is 2. The molecule has 1 fully saturated rings. The number of nitrogens with two attached hydrogens (primary N) is 1. The van der Waals surface area contributed by atoms with Gasteiger partial charge in [0.1, 0.15) is 6.10 Å². The fourth-order valence-corrected chi connectivity index (χ4v) is 2.19. The number of carbonyl (C=O) groups is 1. The molecule has 1 aromatic rings. The van der Waals surface area contributed by atoms with Gasteiger partial charge in [0.15, 0.2) is 5.84 Å². The Kier molecular flexibility index (Phi) is 4.69. The summed E-state index contributed by atoms with van der Waals surface area (Å²) in [6.07, 6.45) is -0.611. The van der Waals surface area contributed by atoms with Gasteiger partial charge in [-0.05, 0) is 18.2 Å². The van der Waals surface area contributed by atoms with Gasteiger partial charge in [0.25, 0.3) is 5.91 Å². The molecule has 0 bridgehead atoms. The van der Waals surface area contributed by atoms with E-state index in [-0.39, 0.29) is 18.3 Å². The third-order valence-corrected chi connectivity index (χ3v) is 3.70. The summed E-state index contributed by atoms with van der Waals surface area (Å²) < 4.78 is 5.33. The summed E-state index contributed by atoms with van der Waals surface area (Å²) in [4.78, 5) is 13.9. The molecule has 20 heavy (non-hydrogen) atoms. The van der Waals surface area contributed by atoms with Crippen LogP contribution in [-0.2, 0) is 4.74 Å². The van der Waals surface area contributed by atoms with E-state index in [2.05, 4.69) is 5.16 Å². The van der Waals surface area contributed by atoms with Crippen molar-refractivity contribution in [2.45, 2.75) is 6.10 Å². The monoisotopic (exact) mass is 317 g/mol. The minimum Gasteiger partial charge on any atom is -0.409 e. The highest BCUT2D eigenvalue weighted by Crippen LogP contribution is 2.23. The highest BCUT2D eigenvalue weighted by Gasteiger charge is 2.27. The van der Waals surface area contributed by atoms with E-state index in [4.69, 9.17) is 38.9 Å². The smallest absolute Gasteiger partial charge is 0.254 e. The molecular weight excluding hydrogens is 305 g/mol. The van der Waals surface area contributed by atoms with Gasteiger partial charge in [0.2, 0.25) is 0 Å². The van der Waals surface area contributed by atoms with E-state index >= 15 is 0 Å². The molecule has 1 aromatic carbocycles. The average molecular weight is 318 g/mol. The molecule has 0 aromatic heterocycles.